The van der Waals surface area contributed by atoms with Crippen LogP contribution >= 0.6 is 0 Å². The molecule has 0 N–H and O–H groups in total. The van der Waals surface area contributed by atoms with E-state index in [-0.39, 0.29) is 49.1 Å². The van der Waals surface area contributed by atoms with Crippen molar-refractivity contribution in [3.63, 3.8) is 0 Å². The molecule has 314 valence electrons. The number of hydrogen-bond donors (Lipinski definition) is 0. The van der Waals surface area contributed by atoms with Crippen LogP contribution < -0.4 is 5.11 Å². The van der Waals surface area contributed by atoms with Gasteiger partial charge in [0.05, 0.1) is 40.3 Å². The Kier molecular flexibility index (Phi) is 35.5. The predicted octanol–water partition coefficient (Wildman–Crippen LogP) is 10.2. The molecule has 0 rings (SSSR count). The van der Waals surface area contributed by atoms with Crippen LogP contribution in [0.3, 0.4) is 0 Å². The first-order chi connectivity index (χ1) is 26.6. The van der Waals surface area contributed by atoms with Crippen LogP contribution in [0.15, 0.2) is 72.9 Å². The van der Waals surface area contributed by atoms with Gasteiger partial charge in [-0.2, -0.15) is 0 Å². The summed E-state index contributed by atoms with van der Waals surface area (Å²) in [5, 5.41) is 11.6. The van der Waals surface area contributed by atoms with Gasteiger partial charge >= 0.3 is 11.9 Å². The first-order valence-corrected chi connectivity index (χ1v) is 21.5. The maximum Gasteiger partial charge on any atom is 0.306 e. The van der Waals surface area contributed by atoms with E-state index in [1.807, 2.05) is 60.8 Å². The number of rotatable bonds is 37. The number of allylic oxidation sites excluding steroid dienone is 12. The van der Waals surface area contributed by atoms with E-state index in [9.17, 15) is 19.5 Å². The number of carboxylic acids is 1. The Morgan fingerprint density at radius 1 is 0.564 bits per heavy atom. The number of esters is 2. The van der Waals surface area contributed by atoms with E-state index in [0.717, 1.165) is 44.9 Å². The van der Waals surface area contributed by atoms with Gasteiger partial charge < -0.3 is 28.6 Å². The number of carboxylic acid groups (broad SMARTS) is 1. The molecule has 0 radical (unpaired) electrons. The van der Waals surface area contributed by atoms with Crippen molar-refractivity contribution in [1.82, 2.24) is 0 Å². The number of hydrogen-bond acceptors (Lipinski definition) is 7. The van der Waals surface area contributed by atoms with Crippen LogP contribution in [0.2, 0.25) is 0 Å². The normalized spacial score (nSPS) is 13.7. The SMILES string of the molecule is CC/C=C/C=C/C=C/C=C/C=C/C=C/CCCCCC(=O)OC(COCCC(C(=O)[O-])[N+](C)(C)C)COC(=O)CCCCCCCCCCCCCCCC. The van der Waals surface area contributed by atoms with Gasteiger partial charge in [-0.25, -0.2) is 0 Å². The summed E-state index contributed by atoms with van der Waals surface area (Å²) < 4.78 is 17.1. The van der Waals surface area contributed by atoms with Crippen LogP contribution in [0, 0.1) is 0 Å². The molecule has 8 heteroatoms. The second-order valence-electron chi connectivity index (χ2n) is 15.4. The number of nitrogens with zero attached hydrogens (tertiary/aromatic N) is 1. The van der Waals surface area contributed by atoms with Crippen molar-refractivity contribution in [2.24, 2.45) is 0 Å². The quantitative estimate of drug-likeness (QED) is 0.0268. The van der Waals surface area contributed by atoms with Gasteiger partial charge in [-0.05, 0) is 32.1 Å². The largest absolute Gasteiger partial charge is 0.544 e. The number of quaternary nitrogens is 1. The van der Waals surface area contributed by atoms with E-state index in [1.165, 1.54) is 70.6 Å². The lowest BCUT2D eigenvalue weighted by molar-refractivity contribution is -0.889. The zero-order chi connectivity index (χ0) is 40.7. The smallest absolute Gasteiger partial charge is 0.306 e. The highest BCUT2D eigenvalue weighted by atomic mass is 16.6. The molecule has 2 unspecified atom stereocenters. The van der Waals surface area contributed by atoms with Crippen molar-refractivity contribution in [1.29, 1.82) is 0 Å². The molecular weight excluding hydrogens is 691 g/mol. The number of likely N-dealkylation sites (N-methyl/N-ethyl adjacent to an activating group) is 1. The summed E-state index contributed by atoms with van der Waals surface area (Å²) >= 11 is 0. The first-order valence-electron chi connectivity index (χ1n) is 21.5. The van der Waals surface area contributed by atoms with Gasteiger partial charge in [0.1, 0.15) is 12.6 Å². The van der Waals surface area contributed by atoms with Gasteiger partial charge in [0.2, 0.25) is 0 Å². The Labute approximate surface area is 336 Å². The zero-order valence-corrected chi connectivity index (χ0v) is 35.6. The average molecular weight is 770 g/mol. The van der Waals surface area contributed by atoms with Gasteiger partial charge in [0, 0.05) is 19.3 Å². The maximum absolute atomic E-state index is 12.7. The third kappa shape index (κ3) is 36.2. The van der Waals surface area contributed by atoms with E-state index >= 15 is 0 Å². The lowest BCUT2D eigenvalue weighted by Gasteiger charge is -2.34. The maximum atomic E-state index is 12.7. The number of carbonyl (C=O) groups excluding carboxylic acids is 3. The topological polar surface area (TPSA) is 102 Å². The summed E-state index contributed by atoms with van der Waals surface area (Å²) in [7, 11) is 5.38. The summed E-state index contributed by atoms with van der Waals surface area (Å²) in [5.74, 6) is -1.80. The fourth-order valence-corrected chi connectivity index (χ4v) is 5.92. The fourth-order valence-electron chi connectivity index (χ4n) is 5.92. The third-order valence-electron chi connectivity index (χ3n) is 9.27. The Bertz CT molecular complexity index is 1130. The van der Waals surface area contributed by atoms with Crippen molar-refractivity contribution in [2.45, 2.75) is 167 Å². The minimum Gasteiger partial charge on any atom is -0.544 e. The minimum absolute atomic E-state index is 0.0201. The molecule has 0 bridgehead atoms. The second kappa shape index (κ2) is 37.7. The van der Waals surface area contributed by atoms with Gasteiger partial charge in [0.15, 0.2) is 6.10 Å². The van der Waals surface area contributed by atoms with Crippen molar-refractivity contribution < 1.29 is 38.2 Å². The molecule has 2 atom stereocenters. The lowest BCUT2D eigenvalue weighted by Crippen LogP contribution is -2.55. The van der Waals surface area contributed by atoms with Gasteiger partial charge in [-0.1, -0.05) is 177 Å². The highest BCUT2D eigenvalue weighted by Gasteiger charge is 2.25. The minimum atomic E-state index is -1.14. The summed E-state index contributed by atoms with van der Waals surface area (Å²) in [6, 6.07) is -0.736. The van der Waals surface area contributed by atoms with Gasteiger partial charge in [-0.3, -0.25) is 9.59 Å². The van der Waals surface area contributed by atoms with E-state index in [2.05, 4.69) is 26.0 Å². The van der Waals surface area contributed by atoms with Crippen molar-refractivity contribution >= 4 is 17.9 Å². The lowest BCUT2D eigenvalue weighted by atomic mass is 10.0. The van der Waals surface area contributed by atoms with Crippen LogP contribution in [0.5, 0.6) is 0 Å². The summed E-state index contributed by atoms with van der Waals surface area (Å²) in [6.07, 6.45) is 46.3. The van der Waals surface area contributed by atoms with Gasteiger partial charge in [0.25, 0.3) is 0 Å². The highest BCUT2D eigenvalue weighted by molar-refractivity contribution is 5.70. The van der Waals surface area contributed by atoms with Crippen molar-refractivity contribution in [3.05, 3.63) is 72.9 Å². The Morgan fingerprint density at radius 2 is 1.02 bits per heavy atom. The molecule has 8 nitrogen and oxygen atoms in total. The molecule has 0 aromatic heterocycles. The third-order valence-corrected chi connectivity index (χ3v) is 9.27. The number of aliphatic carboxylic acids is 1. The van der Waals surface area contributed by atoms with Crippen molar-refractivity contribution in [2.75, 3.05) is 41.0 Å². The van der Waals surface area contributed by atoms with Crippen LogP contribution in [0.25, 0.3) is 0 Å². The molecule has 0 aliphatic heterocycles. The van der Waals surface area contributed by atoms with Crippen LogP contribution in [0.4, 0.5) is 0 Å². The van der Waals surface area contributed by atoms with E-state index in [4.69, 9.17) is 14.2 Å². The summed E-state index contributed by atoms with van der Waals surface area (Å²) in [6.45, 7) is 4.46. The predicted molar refractivity (Wildman–Crippen MR) is 226 cm³/mol. The Morgan fingerprint density at radius 3 is 1.51 bits per heavy atom. The molecule has 0 amide bonds. The molecule has 55 heavy (non-hydrogen) atoms. The molecule has 0 aromatic carbocycles. The average Bonchev–Trinajstić information content (AvgIpc) is 3.14. The molecule has 0 fully saturated rings. The summed E-state index contributed by atoms with van der Waals surface area (Å²) in [4.78, 5) is 36.8. The van der Waals surface area contributed by atoms with Crippen LogP contribution in [0.1, 0.15) is 155 Å². The highest BCUT2D eigenvalue weighted by Crippen LogP contribution is 2.14. The van der Waals surface area contributed by atoms with E-state index in [0.29, 0.717) is 12.8 Å². The summed E-state index contributed by atoms with van der Waals surface area (Å²) in [5.41, 5.74) is 0. The molecule has 0 spiro atoms. The zero-order valence-electron chi connectivity index (χ0n) is 35.6. The standard InChI is InChI=1S/C47H79NO7/c1-6-8-10-12-14-16-18-20-22-23-24-26-28-30-32-34-36-38-46(50)55-43(41-53-40-39-44(47(51)52)48(3,4)5)42-54-45(49)37-35-33-31-29-27-25-21-19-17-15-13-11-9-7-2/h8,10,12,14,16,18,20,22-24,26,28,43-44H,6-7,9,11,13,15,17,19,21,25,27,29-42H2,1-5H3/b10-8+,14-12+,18-16+,22-20+,24-23+,28-26+. The van der Waals surface area contributed by atoms with Crippen molar-refractivity contribution in [3.8, 4) is 0 Å². The second-order valence-corrected chi connectivity index (χ2v) is 15.4. The molecule has 0 aliphatic rings. The molecule has 0 aromatic rings. The molecule has 0 saturated carbocycles. The van der Waals surface area contributed by atoms with Gasteiger partial charge in [-0.15, -0.1) is 0 Å². The van der Waals surface area contributed by atoms with Crippen LogP contribution in [-0.2, 0) is 28.6 Å². The number of ether oxygens (including phenoxy) is 3. The van der Waals surface area contributed by atoms with E-state index in [1.54, 1.807) is 21.1 Å². The Balaban J connectivity index is 4.47. The molecule has 0 saturated heterocycles. The molecule has 0 aliphatic carbocycles. The fraction of sp³-hybridized carbons (Fsp3) is 0.681. The van der Waals surface area contributed by atoms with Crippen LogP contribution in [-0.4, -0.2) is 75.5 Å². The Hall–Kier alpha value is -3.23. The molecular formula is C47H79NO7. The number of unbranched alkanes of at least 4 members (excludes halogenated alkanes) is 16. The molecule has 0 heterocycles. The number of carbonyl (C=O) groups is 3. The first kappa shape index (κ1) is 51.8. The van der Waals surface area contributed by atoms with E-state index < -0.39 is 18.1 Å². The monoisotopic (exact) mass is 770 g/mol.